The van der Waals surface area contributed by atoms with Gasteiger partial charge in [0, 0.05) is 11.0 Å². The Labute approximate surface area is 140 Å². The van der Waals surface area contributed by atoms with Crippen molar-refractivity contribution in [1.82, 2.24) is 5.32 Å². The van der Waals surface area contributed by atoms with Crippen molar-refractivity contribution in [2.24, 2.45) is 0 Å². The summed E-state index contributed by atoms with van der Waals surface area (Å²) < 4.78 is 0. The molecule has 1 heterocycles. The Bertz CT molecular complexity index is 724. The van der Waals surface area contributed by atoms with Gasteiger partial charge in [-0.15, -0.1) is 11.3 Å². The summed E-state index contributed by atoms with van der Waals surface area (Å²) in [4.78, 5) is 13.4. The molecule has 2 nitrogen and oxygen atoms in total. The smallest absolute Gasteiger partial charge is 0.244 e. The number of amides is 1. The van der Waals surface area contributed by atoms with Gasteiger partial charge in [-0.3, -0.25) is 4.79 Å². The molecule has 0 bridgehead atoms. The average molecular weight is 319 g/mol. The summed E-state index contributed by atoms with van der Waals surface area (Å²) in [6, 6.07) is 23.8. The van der Waals surface area contributed by atoms with Crippen molar-refractivity contribution in [2.45, 2.75) is 6.04 Å². The van der Waals surface area contributed by atoms with Gasteiger partial charge in [-0.05, 0) is 28.6 Å². The molecule has 0 saturated carbocycles. The Kier molecular flexibility index (Phi) is 5.02. The first-order chi connectivity index (χ1) is 11.3. The van der Waals surface area contributed by atoms with Crippen LogP contribution in [0.3, 0.4) is 0 Å². The zero-order valence-corrected chi connectivity index (χ0v) is 13.4. The van der Waals surface area contributed by atoms with Crippen molar-refractivity contribution >= 4 is 23.3 Å². The molecule has 3 rings (SSSR count). The van der Waals surface area contributed by atoms with Gasteiger partial charge < -0.3 is 5.32 Å². The fourth-order valence-electron chi connectivity index (χ4n) is 2.38. The molecule has 0 aliphatic carbocycles. The average Bonchev–Trinajstić information content (AvgIpc) is 3.13. The fourth-order valence-corrected chi connectivity index (χ4v) is 3.00. The van der Waals surface area contributed by atoms with Crippen molar-refractivity contribution < 1.29 is 4.79 Å². The van der Waals surface area contributed by atoms with Crippen LogP contribution in [0.4, 0.5) is 0 Å². The third kappa shape index (κ3) is 4.18. The van der Waals surface area contributed by atoms with Gasteiger partial charge in [0.25, 0.3) is 0 Å². The maximum absolute atomic E-state index is 12.3. The summed E-state index contributed by atoms with van der Waals surface area (Å²) in [7, 11) is 0. The van der Waals surface area contributed by atoms with E-state index in [-0.39, 0.29) is 11.9 Å². The first kappa shape index (κ1) is 15.3. The summed E-state index contributed by atoms with van der Waals surface area (Å²) in [5.41, 5.74) is 2.13. The Morgan fingerprint density at radius 2 is 1.48 bits per heavy atom. The molecule has 23 heavy (non-hydrogen) atoms. The molecule has 0 spiro atoms. The van der Waals surface area contributed by atoms with Crippen LogP contribution in [0, 0.1) is 0 Å². The van der Waals surface area contributed by atoms with Gasteiger partial charge in [0.1, 0.15) is 0 Å². The molecule has 3 aromatic rings. The van der Waals surface area contributed by atoms with Crippen LogP contribution >= 0.6 is 11.3 Å². The lowest BCUT2D eigenvalue weighted by Gasteiger charge is -2.19. The van der Waals surface area contributed by atoms with Gasteiger partial charge in [0.15, 0.2) is 0 Å². The van der Waals surface area contributed by atoms with Gasteiger partial charge in [0.05, 0.1) is 6.04 Å². The number of nitrogens with one attached hydrogen (secondary N) is 1. The predicted octanol–water partition coefficient (Wildman–Crippen LogP) is 4.67. The summed E-state index contributed by atoms with van der Waals surface area (Å²) in [5.74, 6) is -0.101. The second-order valence-corrected chi connectivity index (χ2v) is 6.09. The highest BCUT2D eigenvalue weighted by Gasteiger charge is 2.15. The molecule has 0 radical (unpaired) electrons. The number of thiophene rings is 1. The minimum absolute atomic E-state index is 0.101. The lowest BCUT2D eigenvalue weighted by Crippen LogP contribution is -2.27. The van der Waals surface area contributed by atoms with E-state index in [1.807, 2.05) is 84.3 Å². The Morgan fingerprint density at radius 1 is 0.870 bits per heavy atom. The number of hydrogen-bond donors (Lipinski definition) is 1. The number of carbonyl (C=O) groups is 1. The third-order valence-electron chi connectivity index (χ3n) is 3.49. The molecule has 2 aromatic carbocycles. The first-order valence-electron chi connectivity index (χ1n) is 7.45. The van der Waals surface area contributed by atoms with E-state index in [4.69, 9.17) is 0 Å². The van der Waals surface area contributed by atoms with E-state index in [1.165, 1.54) is 0 Å². The third-order valence-corrected chi connectivity index (χ3v) is 4.33. The summed E-state index contributed by atoms with van der Waals surface area (Å²) >= 11 is 1.61. The molecule has 1 amide bonds. The van der Waals surface area contributed by atoms with Crippen molar-refractivity contribution in [3.8, 4) is 0 Å². The van der Waals surface area contributed by atoms with E-state index < -0.39 is 0 Å². The zero-order valence-electron chi connectivity index (χ0n) is 12.6. The van der Waals surface area contributed by atoms with E-state index >= 15 is 0 Å². The molecule has 0 fully saturated rings. The molecule has 114 valence electrons. The summed E-state index contributed by atoms with van der Waals surface area (Å²) in [5, 5.41) is 5.09. The standard InChI is InChI=1S/C20H17NOS/c22-19(14-13-18-12-7-15-23-18)21-20(16-8-3-1-4-9-16)17-10-5-2-6-11-17/h1-15,20H,(H,21,22)/b14-13-. The highest BCUT2D eigenvalue weighted by Crippen LogP contribution is 2.21. The molecule has 0 unspecified atom stereocenters. The summed E-state index contributed by atoms with van der Waals surface area (Å²) in [6.07, 6.45) is 3.43. The van der Waals surface area contributed by atoms with Gasteiger partial charge >= 0.3 is 0 Å². The van der Waals surface area contributed by atoms with Crippen LogP contribution in [0.15, 0.2) is 84.3 Å². The predicted molar refractivity (Wildman–Crippen MR) is 96.2 cm³/mol. The van der Waals surface area contributed by atoms with Crippen LogP contribution < -0.4 is 5.32 Å². The van der Waals surface area contributed by atoms with Gasteiger partial charge in [-0.1, -0.05) is 66.7 Å². The second-order valence-electron chi connectivity index (χ2n) is 5.11. The van der Waals surface area contributed by atoms with Crippen molar-refractivity contribution in [1.29, 1.82) is 0 Å². The molecular formula is C20H17NOS. The van der Waals surface area contributed by atoms with Gasteiger partial charge in [-0.2, -0.15) is 0 Å². The highest BCUT2D eigenvalue weighted by molar-refractivity contribution is 7.10. The molecule has 0 atom stereocenters. The van der Waals surface area contributed by atoms with Crippen molar-refractivity contribution in [3.05, 3.63) is 100 Å². The Balaban J connectivity index is 1.80. The quantitative estimate of drug-likeness (QED) is 0.680. The van der Waals surface area contributed by atoms with Crippen molar-refractivity contribution in [2.75, 3.05) is 0 Å². The highest BCUT2D eigenvalue weighted by atomic mass is 32.1. The van der Waals surface area contributed by atoms with Gasteiger partial charge in [-0.25, -0.2) is 0 Å². The van der Waals surface area contributed by atoms with E-state index in [2.05, 4.69) is 5.32 Å². The maximum atomic E-state index is 12.3. The van der Waals surface area contributed by atoms with Gasteiger partial charge in [0.2, 0.25) is 5.91 Å². The van der Waals surface area contributed by atoms with Crippen LogP contribution in [-0.2, 0) is 4.79 Å². The lowest BCUT2D eigenvalue weighted by atomic mass is 9.99. The minimum atomic E-state index is -0.155. The molecule has 3 heteroatoms. The molecule has 0 saturated heterocycles. The van der Waals surface area contributed by atoms with E-state index in [0.29, 0.717) is 0 Å². The number of benzene rings is 2. The topological polar surface area (TPSA) is 29.1 Å². The lowest BCUT2D eigenvalue weighted by molar-refractivity contribution is -0.116. The molecule has 0 aliphatic rings. The SMILES string of the molecule is O=C(/C=C\c1cccs1)NC(c1ccccc1)c1ccccc1. The molecular weight excluding hydrogens is 302 g/mol. The molecule has 1 aromatic heterocycles. The molecule has 1 N–H and O–H groups in total. The fraction of sp³-hybridized carbons (Fsp3) is 0.0500. The van der Waals surface area contributed by atoms with Crippen molar-refractivity contribution in [3.63, 3.8) is 0 Å². The normalized spacial score (nSPS) is 11.0. The number of hydrogen-bond acceptors (Lipinski definition) is 2. The van der Waals surface area contributed by atoms with Crippen LogP contribution in [0.1, 0.15) is 22.0 Å². The minimum Gasteiger partial charge on any atom is -0.342 e. The Morgan fingerprint density at radius 3 is 2.00 bits per heavy atom. The van der Waals surface area contributed by atoms with Crippen LogP contribution in [0.5, 0.6) is 0 Å². The van der Waals surface area contributed by atoms with E-state index in [9.17, 15) is 4.79 Å². The Hall–Kier alpha value is -2.65. The molecule has 0 aliphatic heterocycles. The number of carbonyl (C=O) groups excluding carboxylic acids is 1. The maximum Gasteiger partial charge on any atom is 0.244 e. The monoisotopic (exact) mass is 319 g/mol. The van der Waals surface area contributed by atoms with Crippen LogP contribution in [0.25, 0.3) is 6.08 Å². The number of rotatable bonds is 5. The zero-order chi connectivity index (χ0) is 15.9. The van der Waals surface area contributed by atoms with E-state index in [1.54, 1.807) is 17.4 Å². The van der Waals surface area contributed by atoms with Crippen LogP contribution in [-0.4, -0.2) is 5.91 Å². The summed E-state index contributed by atoms with van der Waals surface area (Å²) in [6.45, 7) is 0. The first-order valence-corrected chi connectivity index (χ1v) is 8.33. The van der Waals surface area contributed by atoms with E-state index in [0.717, 1.165) is 16.0 Å². The second kappa shape index (κ2) is 7.56. The van der Waals surface area contributed by atoms with Crippen LogP contribution in [0.2, 0.25) is 0 Å². The largest absolute Gasteiger partial charge is 0.342 e.